The fourth-order valence-electron chi connectivity index (χ4n) is 2.37. The van der Waals surface area contributed by atoms with Crippen molar-refractivity contribution in [1.29, 1.82) is 0 Å². The standard InChI is InChI=1S/C17H23N3O3/c1-11(2)14(10-21)19-16(22)9-5-8-15-18-13-7-4-3-6-12(13)17(23)20-15/h3-4,6-7,11,14,21H,5,8-10H2,1-2H3,(H,19,22)(H,18,20,23). The van der Waals surface area contributed by atoms with Crippen LogP contribution in [-0.4, -0.2) is 33.6 Å². The Hall–Kier alpha value is -2.21. The molecule has 1 aromatic carbocycles. The Morgan fingerprint density at radius 2 is 2.09 bits per heavy atom. The van der Waals surface area contributed by atoms with Crippen molar-refractivity contribution in [1.82, 2.24) is 15.3 Å². The van der Waals surface area contributed by atoms with Crippen LogP contribution in [0.15, 0.2) is 29.1 Å². The fraction of sp³-hybridized carbons (Fsp3) is 0.471. The SMILES string of the molecule is CC(C)C(CO)NC(=O)CCCc1nc2ccccc2c(=O)[nH]1. The highest BCUT2D eigenvalue weighted by Crippen LogP contribution is 2.07. The second-order valence-electron chi connectivity index (χ2n) is 5.98. The summed E-state index contributed by atoms with van der Waals surface area (Å²) in [5.74, 6) is 0.674. The fourth-order valence-corrected chi connectivity index (χ4v) is 2.37. The number of aryl methyl sites for hydroxylation is 1. The number of carbonyl (C=O) groups is 1. The number of rotatable bonds is 7. The molecule has 0 aliphatic rings. The molecule has 0 fully saturated rings. The first-order valence-electron chi connectivity index (χ1n) is 7.89. The maximum Gasteiger partial charge on any atom is 0.258 e. The minimum atomic E-state index is -0.221. The second kappa shape index (κ2) is 7.87. The first-order chi connectivity index (χ1) is 11.0. The van der Waals surface area contributed by atoms with Crippen LogP contribution in [0.25, 0.3) is 10.9 Å². The minimum absolute atomic E-state index is 0.0665. The largest absolute Gasteiger partial charge is 0.394 e. The van der Waals surface area contributed by atoms with Crippen molar-refractivity contribution in [3.8, 4) is 0 Å². The monoisotopic (exact) mass is 317 g/mol. The maximum absolute atomic E-state index is 12.0. The van der Waals surface area contributed by atoms with E-state index in [1.165, 1.54) is 0 Å². The summed E-state index contributed by atoms with van der Waals surface area (Å²) in [7, 11) is 0. The lowest BCUT2D eigenvalue weighted by Crippen LogP contribution is -2.41. The molecule has 0 aliphatic carbocycles. The molecule has 1 aromatic heterocycles. The average Bonchev–Trinajstić information content (AvgIpc) is 2.52. The maximum atomic E-state index is 12.0. The number of para-hydroxylation sites is 1. The van der Waals surface area contributed by atoms with Gasteiger partial charge < -0.3 is 15.4 Å². The Morgan fingerprint density at radius 1 is 1.35 bits per heavy atom. The Kier molecular flexibility index (Phi) is 5.87. The summed E-state index contributed by atoms with van der Waals surface area (Å²) in [6.07, 6.45) is 1.45. The van der Waals surface area contributed by atoms with Gasteiger partial charge in [-0.2, -0.15) is 0 Å². The smallest absolute Gasteiger partial charge is 0.258 e. The van der Waals surface area contributed by atoms with Crippen LogP contribution >= 0.6 is 0 Å². The molecule has 0 saturated heterocycles. The Labute approximate surface area is 135 Å². The lowest BCUT2D eigenvalue weighted by molar-refractivity contribution is -0.122. The number of aliphatic hydroxyl groups is 1. The zero-order chi connectivity index (χ0) is 16.8. The number of aromatic nitrogens is 2. The van der Waals surface area contributed by atoms with E-state index >= 15 is 0 Å². The lowest BCUT2D eigenvalue weighted by Gasteiger charge is -2.19. The first kappa shape index (κ1) is 17.1. The van der Waals surface area contributed by atoms with Gasteiger partial charge in [0.25, 0.3) is 5.56 Å². The second-order valence-corrected chi connectivity index (χ2v) is 5.98. The molecule has 1 unspecified atom stereocenters. The number of nitrogens with zero attached hydrogens (tertiary/aromatic N) is 1. The summed E-state index contributed by atoms with van der Waals surface area (Å²) in [5.41, 5.74) is 0.506. The minimum Gasteiger partial charge on any atom is -0.394 e. The first-order valence-corrected chi connectivity index (χ1v) is 7.89. The normalized spacial score (nSPS) is 12.5. The molecule has 2 aromatic rings. The summed E-state index contributed by atoms with van der Waals surface area (Å²) in [6, 6.07) is 6.96. The number of fused-ring (bicyclic) bond motifs is 1. The van der Waals surface area contributed by atoms with E-state index in [-0.39, 0.29) is 30.0 Å². The van der Waals surface area contributed by atoms with E-state index in [2.05, 4.69) is 15.3 Å². The number of benzene rings is 1. The number of hydrogen-bond donors (Lipinski definition) is 3. The molecule has 6 heteroatoms. The quantitative estimate of drug-likeness (QED) is 0.719. The van der Waals surface area contributed by atoms with Gasteiger partial charge in [0.1, 0.15) is 5.82 Å². The van der Waals surface area contributed by atoms with Gasteiger partial charge in [-0.15, -0.1) is 0 Å². The van der Waals surface area contributed by atoms with Crippen molar-refractivity contribution < 1.29 is 9.90 Å². The van der Waals surface area contributed by atoms with Crippen LogP contribution in [0, 0.1) is 5.92 Å². The molecule has 3 N–H and O–H groups in total. The van der Waals surface area contributed by atoms with Gasteiger partial charge in [0.2, 0.25) is 5.91 Å². The summed E-state index contributed by atoms with van der Waals surface area (Å²) in [5, 5.41) is 12.6. The summed E-state index contributed by atoms with van der Waals surface area (Å²) < 4.78 is 0. The summed E-state index contributed by atoms with van der Waals surface area (Å²) >= 11 is 0. The van der Waals surface area contributed by atoms with E-state index in [1.54, 1.807) is 18.2 Å². The number of hydrogen-bond acceptors (Lipinski definition) is 4. The molecule has 1 atom stereocenters. The Bertz CT molecular complexity index is 724. The van der Waals surface area contributed by atoms with E-state index in [4.69, 9.17) is 0 Å². The molecule has 0 saturated carbocycles. The van der Waals surface area contributed by atoms with Crippen LogP contribution in [-0.2, 0) is 11.2 Å². The van der Waals surface area contributed by atoms with Gasteiger partial charge in [-0.25, -0.2) is 4.98 Å². The zero-order valence-electron chi connectivity index (χ0n) is 13.5. The molecule has 0 bridgehead atoms. The van der Waals surface area contributed by atoms with Gasteiger partial charge in [0, 0.05) is 12.8 Å². The van der Waals surface area contributed by atoms with Crippen molar-refractivity contribution in [2.75, 3.05) is 6.61 Å². The van der Waals surface area contributed by atoms with Crippen molar-refractivity contribution in [3.05, 3.63) is 40.4 Å². The number of H-pyrrole nitrogens is 1. The van der Waals surface area contributed by atoms with Gasteiger partial charge in [-0.05, 0) is 24.5 Å². The zero-order valence-corrected chi connectivity index (χ0v) is 13.5. The molecule has 1 heterocycles. The molecule has 2 rings (SSSR count). The number of amides is 1. The number of aliphatic hydroxyl groups excluding tert-OH is 1. The van der Waals surface area contributed by atoms with Crippen LogP contribution in [0.3, 0.4) is 0 Å². The molecule has 124 valence electrons. The summed E-state index contributed by atoms with van der Waals surface area (Å²) in [6.45, 7) is 3.83. The molecule has 0 spiro atoms. The Morgan fingerprint density at radius 3 is 2.78 bits per heavy atom. The van der Waals surface area contributed by atoms with Crippen LogP contribution in [0.5, 0.6) is 0 Å². The van der Waals surface area contributed by atoms with Crippen LogP contribution in [0.1, 0.15) is 32.5 Å². The molecule has 0 aliphatic heterocycles. The van der Waals surface area contributed by atoms with Crippen molar-refractivity contribution in [2.45, 2.75) is 39.2 Å². The third-order valence-corrected chi connectivity index (χ3v) is 3.83. The van der Waals surface area contributed by atoms with E-state index in [1.807, 2.05) is 19.9 Å². The number of carbonyl (C=O) groups excluding carboxylic acids is 1. The van der Waals surface area contributed by atoms with Gasteiger partial charge in [0.15, 0.2) is 0 Å². The molecule has 6 nitrogen and oxygen atoms in total. The van der Waals surface area contributed by atoms with Crippen molar-refractivity contribution >= 4 is 16.8 Å². The van der Waals surface area contributed by atoms with Gasteiger partial charge in [0.05, 0.1) is 23.6 Å². The number of nitrogens with one attached hydrogen (secondary N) is 2. The highest BCUT2D eigenvalue weighted by molar-refractivity contribution is 5.77. The molecular formula is C17H23N3O3. The van der Waals surface area contributed by atoms with E-state index < -0.39 is 0 Å². The van der Waals surface area contributed by atoms with Crippen LogP contribution in [0.4, 0.5) is 0 Å². The van der Waals surface area contributed by atoms with Gasteiger partial charge in [-0.3, -0.25) is 9.59 Å². The van der Waals surface area contributed by atoms with E-state index in [9.17, 15) is 14.7 Å². The molecule has 23 heavy (non-hydrogen) atoms. The van der Waals surface area contributed by atoms with E-state index in [0.29, 0.717) is 36.0 Å². The van der Waals surface area contributed by atoms with E-state index in [0.717, 1.165) is 0 Å². The molecular weight excluding hydrogens is 294 g/mol. The van der Waals surface area contributed by atoms with Gasteiger partial charge in [-0.1, -0.05) is 26.0 Å². The Balaban J connectivity index is 1.91. The third kappa shape index (κ3) is 4.63. The number of aromatic amines is 1. The predicted octanol–water partition coefficient (Wildman–Crippen LogP) is 1.38. The van der Waals surface area contributed by atoms with Crippen LogP contribution < -0.4 is 10.9 Å². The van der Waals surface area contributed by atoms with Gasteiger partial charge >= 0.3 is 0 Å². The highest BCUT2D eigenvalue weighted by atomic mass is 16.3. The van der Waals surface area contributed by atoms with Crippen molar-refractivity contribution in [2.24, 2.45) is 5.92 Å². The topological polar surface area (TPSA) is 95.1 Å². The highest BCUT2D eigenvalue weighted by Gasteiger charge is 2.14. The lowest BCUT2D eigenvalue weighted by atomic mass is 10.1. The average molecular weight is 317 g/mol. The van der Waals surface area contributed by atoms with Crippen molar-refractivity contribution in [3.63, 3.8) is 0 Å². The predicted molar refractivity (Wildman–Crippen MR) is 89.2 cm³/mol. The van der Waals surface area contributed by atoms with Crippen LogP contribution in [0.2, 0.25) is 0 Å². The third-order valence-electron chi connectivity index (χ3n) is 3.83. The molecule has 1 amide bonds. The molecule has 0 radical (unpaired) electrons. The summed E-state index contributed by atoms with van der Waals surface area (Å²) in [4.78, 5) is 31.0.